The minimum atomic E-state index is -4.69. The molecule has 5 nitrogen and oxygen atoms in total. The molecule has 0 amide bonds. The van der Waals surface area contributed by atoms with Crippen LogP contribution in [0.15, 0.2) is 66.7 Å². The molecule has 0 radical (unpaired) electrons. The fourth-order valence-corrected chi connectivity index (χ4v) is 5.04. The maximum Gasteiger partial charge on any atom is 0.416 e. The number of carboxylic acid groups (broad SMARTS) is 1. The topological polar surface area (TPSA) is 80.7 Å². The third-order valence-electron chi connectivity index (χ3n) is 5.10. The van der Waals surface area contributed by atoms with Gasteiger partial charge in [0.05, 0.1) is 19.1 Å². The molecule has 174 valence electrons. The van der Waals surface area contributed by atoms with Crippen molar-refractivity contribution < 1.29 is 36.2 Å². The van der Waals surface area contributed by atoms with Crippen LogP contribution < -0.4 is 4.74 Å². The third kappa shape index (κ3) is 5.54. The maximum absolute atomic E-state index is 13.6. The molecule has 0 saturated heterocycles. The van der Waals surface area contributed by atoms with Gasteiger partial charge in [0, 0.05) is 11.8 Å². The molecule has 33 heavy (non-hydrogen) atoms. The number of methoxy groups -OCH3 is 1. The van der Waals surface area contributed by atoms with Gasteiger partial charge in [-0.05, 0) is 46.5 Å². The molecule has 0 bridgehead atoms. The van der Waals surface area contributed by atoms with Gasteiger partial charge in [-0.15, -0.1) is 0 Å². The fraction of sp³-hybridized carbons (Fsp3) is 0.208. The first-order valence-electron chi connectivity index (χ1n) is 9.76. The van der Waals surface area contributed by atoms with Crippen LogP contribution in [0.1, 0.15) is 27.5 Å². The van der Waals surface area contributed by atoms with Crippen molar-refractivity contribution in [2.45, 2.75) is 17.8 Å². The van der Waals surface area contributed by atoms with E-state index in [9.17, 15) is 26.4 Å². The standard InChI is InChI=1S/C24H21F3O5S/c1-32-21-11-8-15(13-22(28)29)12-19(21)18-10-9-17(24(25,26)27)14-20(18)23(33(2,30)31)16-6-4-3-5-7-16/h3-12,14,23H,13H2,1-2H3,(H,28,29). The monoisotopic (exact) mass is 478 g/mol. The lowest BCUT2D eigenvalue weighted by Crippen LogP contribution is -2.16. The molecule has 1 unspecified atom stereocenters. The van der Waals surface area contributed by atoms with E-state index in [0.29, 0.717) is 16.7 Å². The molecule has 3 aromatic rings. The number of sulfone groups is 1. The normalized spacial score (nSPS) is 12.9. The Morgan fingerprint density at radius 1 is 1.00 bits per heavy atom. The average Bonchev–Trinajstić information content (AvgIpc) is 2.72. The first-order valence-corrected chi connectivity index (χ1v) is 11.7. The van der Waals surface area contributed by atoms with E-state index in [1.165, 1.54) is 43.5 Å². The first-order chi connectivity index (χ1) is 15.4. The summed E-state index contributed by atoms with van der Waals surface area (Å²) in [6.07, 6.45) is -4.05. The van der Waals surface area contributed by atoms with Crippen LogP contribution in [0.2, 0.25) is 0 Å². The second-order valence-corrected chi connectivity index (χ2v) is 9.66. The summed E-state index contributed by atoms with van der Waals surface area (Å²) in [5.41, 5.74) is 0.118. The van der Waals surface area contributed by atoms with Crippen LogP contribution in [0.5, 0.6) is 5.75 Å². The molecule has 1 atom stereocenters. The zero-order chi connectivity index (χ0) is 24.4. The van der Waals surface area contributed by atoms with Gasteiger partial charge in [-0.2, -0.15) is 13.2 Å². The van der Waals surface area contributed by atoms with Crippen LogP contribution in [0, 0.1) is 0 Å². The zero-order valence-electron chi connectivity index (χ0n) is 17.8. The highest BCUT2D eigenvalue weighted by atomic mass is 32.2. The van der Waals surface area contributed by atoms with Gasteiger partial charge in [-0.1, -0.05) is 42.5 Å². The Morgan fingerprint density at radius 3 is 2.21 bits per heavy atom. The van der Waals surface area contributed by atoms with Crippen molar-refractivity contribution in [1.82, 2.24) is 0 Å². The molecular formula is C24H21F3O5S. The van der Waals surface area contributed by atoms with Crippen molar-refractivity contribution in [2.24, 2.45) is 0 Å². The van der Waals surface area contributed by atoms with Crippen molar-refractivity contribution in [3.05, 3.63) is 89.0 Å². The van der Waals surface area contributed by atoms with Crippen LogP contribution >= 0.6 is 0 Å². The van der Waals surface area contributed by atoms with Gasteiger partial charge in [-0.3, -0.25) is 4.79 Å². The Balaban J connectivity index is 2.38. The molecule has 0 aromatic heterocycles. The van der Waals surface area contributed by atoms with Crippen LogP contribution in [0.3, 0.4) is 0 Å². The molecule has 3 rings (SSSR count). The molecule has 0 fully saturated rings. The molecule has 0 spiro atoms. The molecule has 1 N–H and O–H groups in total. The smallest absolute Gasteiger partial charge is 0.416 e. The minimum absolute atomic E-state index is 0.0794. The summed E-state index contributed by atoms with van der Waals surface area (Å²) in [5, 5.41) is 7.76. The summed E-state index contributed by atoms with van der Waals surface area (Å²) in [4.78, 5) is 11.2. The van der Waals surface area contributed by atoms with E-state index < -0.39 is 32.8 Å². The number of benzene rings is 3. The van der Waals surface area contributed by atoms with Gasteiger partial charge in [0.25, 0.3) is 0 Å². The van der Waals surface area contributed by atoms with Crippen molar-refractivity contribution in [2.75, 3.05) is 13.4 Å². The van der Waals surface area contributed by atoms with Gasteiger partial charge >= 0.3 is 12.1 Å². The first kappa shape index (κ1) is 24.3. The number of aliphatic carboxylic acids is 1. The number of carboxylic acids is 1. The molecule has 0 aliphatic rings. The number of carbonyl (C=O) groups is 1. The number of alkyl halides is 3. The average molecular weight is 478 g/mol. The minimum Gasteiger partial charge on any atom is -0.496 e. The summed E-state index contributed by atoms with van der Waals surface area (Å²) < 4.78 is 71.8. The number of rotatable bonds is 7. The van der Waals surface area contributed by atoms with Crippen LogP contribution in [0.4, 0.5) is 13.2 Å². The Bertz CT molecular complexity index is 1270. The number of hydrogen-bond acceptors (Lipinski definition) is 4. The van der Waals surface area contributed by atoms with E-state index in [0.717, 1.165) is 18.4 Å². The second-order valence-electron chi connectivity index (χ2n) is 7.53. The van der Waals surface area contributed by atoms with Crippen molar-refractivity contribution in [3.63, 3.8) is 0 Å². The van der Waals surface area contributed by atoms with E-state index >= 15 is 0 Å². The summed E-state index contributed by atoms with van der Waals surface area (Å²) in [5.74, 6) is -0.817. The predicted octanol–water partition coefficient (Wildman–Crippen LogP) is 5.14. The van der Waals surface area contributed by atoms with Crippen LogP contribution in [-0.4, -0.2) is 32.9 Å². The van der Waals surface area contributed by atoms with Gasteiger partial charge in [0.1, 0.15) is 11.0 Å². The van der Waals surface area contributed by atoms with Crippen molar-refractivity contribution in [1.29, 1.82) is 0 Å². The Morgan fingerprint density at radius 2 is 1.67 bits per heavy atom. The second kappa shape index (κ2) is 9.27. The third-order valence-corrected chi connectivity index (χ3v) is 6.48. The Labute approximate surface area is 189 Å². The quantitative estimate of drug-likeness (QED) is 0.509. The molecule has 0 heterocycles. The number of hydrogen-bond donors (Lipinski definition) is 1. The van der Waals surface area contributed by atoms with Crippen LogP contribution in [-0.2, 0) is 27.2 Å². The molecule has 0 aliphatic carbocycles. The van der Waals surface area contributed by atoms with E-state index in [1.807, 2.05) is 0 Å². The molecule has 3 aromatic carbocycles. The van der Waals surface area contributed by atoms with Crippen molar-refractivity contribution in [3.8, 4) is 16.9 Å². The van der Waals surface area contributed by atoms with E-state index in [2.05, 4.69) is 0 Å². The van der Waals surface area contributed by atoms with E-state index in [1.54, 1.807) is 18.2 Å². The summed E-state index contributed by atoms with van der Waals surface area (Å²) in [6, 6.07) is 15.4. The Hall–Kier alpha value is -3.33. The molecule has 0 saturated carbocycles. The zero-order valence-corrected chi connectivity index (χ0v) is 18.6. The highest BCUT2D eigenvalue weighted by molar-refractivity contribution is 7.91. The SMILES string of the molecule is COc1ccc(CC(=O)O)cc1-c1ccc(C(F)(F)F)cc1C(c1ccccc1)S(C)(=O)=O. The van der Waals surface area contributed by atoms with E-state index in [4.69, 9.17) is 9.84 Å². The lowest BCUT2D eigenvalue weighted by molar-refractivity contribution is -0.138. The van der Waals surface area contributed by atoms with Crippen LogP contribution in [0.25, 0.3) is 11.1 Å². The van der Waals surface area contributed by atoms with Gasteiger partial charge < -0.3 is 9.84 Å². The molecular weight excluding hydrogens is 457 g/mol. The van der Waals surface area contributed by atoms with Gasteiger partial charge in [0.2, 0.25) is 0 Å². The fourth-order valence-electron chi connectivity index (χ4n) is 3.74. The predicted molar refractivity (Wildman–Crippen MR) is 118 cm³/mol. The lowest BCUT2D eigenvalue weighted by atomic mass is 9.91. The summed E-state index contributed by atoms with van der Waals surface area (Å²) >= 11 is 0. The number of halogens is 3. The lowest BCUT2D eigenvalue weighted by Gasteiger charge is -2.23. The summed E-state index contributed by atoms with van der Waals surface area (Å²) in [7, 11) is -2.55. The molecule has 0 aliphatic heterocycles. The van der Waals surface area contributed by atoms with Gasteiger partial charge in [-0.25, -0.2) is 8.42 Å². The Kier molecular flexibility index (Phi) is 6.83. The van der Waals surface area contributed by atoms with E-state index in [-0.39, 0.29) is 23.3 Å². The summed E-state index contributed by atoms with van der Waals surface area (Å²) in [6.45, 7) is 0. The largest absolute Gasteiger partial charge is 0.496 e. The maximum atomic E-state index is 13.6. The van der Waals surface area contributed by atoms with Crippen molar-refractivity contribution >= 4 is 15.8 Å². The highest BCUT2D eigenvalue weighted by Gasteiger charge is 2.35. The molecule has 9 heteroatoms. The highest BCUT2D eigenvalue weighted by Crippen LogP contribution is 2.43. The number of ether oxygens (including phenoxy) is 1. The van der Waals surface area contributed by atoms with Gasteiger partial charge in [0.15, 0.2) is 9.84 Å².